The molecule has 1 aromatic heterocycles. The Kier molecular flexibility index (Phi) is 6.69. The number of benzene rings is 6. The molecule has 46 heavy (non-hydrogen) atoms. The van der Waals surface area contributed by atoms with Gasteiger partial charge in [-0.05, 0) is 112 Å². The van der Waals surface area contributed by atoms with Crippen LogP contribution in [0.15, 0.2) is 149 Å². The molecule has 0 N–H and O–H groups in total. The van der Waals surface area contributed by atoms with E-state index in [4.69, 9.17) is 0 Å². The summed E-state index contributed by atoms with van der Waals surface area (Å²) in [6.07, 6.45) is 6.90. The fraction of sp³-hybridized carbons (Fsp3) is 0.0698. The first-order valence-electron chi connectivity index (χ1n) is 15.9. The lowest BCUT2D eigenvalue weighted by molar-refractivity contribution is 1.01. The van der Waals surface area contributed by atoms with E-state index in [0.29, 0.717) is 0 Å². The quantitative estimate of drug-likeness (QED) is 0.191. The van der Waals surface area contributed by atoms with Crippen LogP contribution >= 0.6 is 23.1 Å². The van der Waals surface area contributed by atoms with Gasteiger partial charge in [0.25, 0.3) is 0 Å². The van der Waals surface area contributed by atoms with E-state index in [1.807, 2.05) is 23.1 Å². The molecule has 1 aliphatic heterocycles. The molecule has 7 aromatic rings. The monoisotopic (exact) mass is 625 g/mol. The van der Waals surface area contributed by atoms with E-state index < -0.39 is 0 Å². The highest BCUT2D eigenvalue weighted by atomic mass is 32.2. The van der Waals surface area contributed by atoms with Crippen LogP contribution < -0.4 is 4.90 Å². The van der Waals surface area contributed by atoms with Crippen LogP contribution in [0.25, 0.3) is 49.5 Å². The first kappa shape index (κ1) is 27.5. The number of anilines is 3. The number of hydrogen-bond donors (Lipinski definition) is 0. The number of fused-ring (bicyclic) bond motifs is 5. The maximum absolute atomic E-state index is 2.42. The van der Waals surface area contributed by atoms with E-state index in [9.17, 15) is 0 Å². The summed E-state index contributed by atoms with van der Waals surface area (Å²) in [5, 5.41) is 1.42. The van der Waals surface area contributed by atoms with Gasteiger partial charge in [0, 0.05) is 25.1 Å². The normalized spacial score (nSPS) is 13.4. The molecule has 0 atom stereocenters. The number of thiophene rings is 1. The van der Waals surface area contributed by atoms with E-state index in [1.165, 1.54) is 86.3 Å². The molecule has 0 spiro atoms. The molecular weight excluding hydrogens is 595 g/mol. The van der Waals surface area contributed by atoms with Gasteiger partial charge in [0.1, 0.15) is 0 Å². The minimum atomic E-state index is 1.14. The number of nitrogens with zero attached hydrogens (tertiary/aromatic N) is 1. The Morgan fingerprint density at radius 3 is 2.07 bits per heavy atom. The van der Waals surface area contributed by atoms with E-state index in [0.717, 1.165) is 12.8 Å². The van der Waals surface area contributed by atoms with Crippen LogP contribution in [0.5, 0.6) is 0 Å². The number of rotatable bonds is 4. The second kappa shape index (κ2) is 11.2. The highest BCUT2D eigenvalue weighted by Gasteiger charge is 2.25. The van der Waals surface area contributed by atoms with Crippen molar-refractivity contribution in [3.8, 4) is 33.4 Å². The average Bonchev–Trinajstić information content (AvgIpc) is 3.50. The van der Waals surface area contributed by atoms with Crippen LogP contribution in [0.1, 0.15) is 22.4 Å². The lowest BCUT2D eigenvalue weighted by atomic mass is 9.96. The largest absolute Gasteiger partial charge is 0.308 e. The molecular formula is C43H31NS2. The van der Waals surface area contributed by atoms with Crippen LogP contribution in [0.4, 0.5) is 17.1 Å². The van der Waals surface area contributed by atoms with Gasteiger partial charge >= 0.3 is 0 Å². The van der Waals surface area contributed by atoms with Gasteiger partial charge < -0.3 is 4.90 Å². The topological polar surface area (TPSA) is 3.24 Å². The zero-order chi connectivity index (χ0) is 30.6. The van der Waals surface area contributed by atoms with E-state index >= 15 is 0 Å². The number of hydrogen-bond acceptors (Lipinski definition) is 3. The highest BCUT2D eigenvalue weighted by Crippen LogP contribution is 2.52. The van der Waals surface area contributed by atoms with Gasteiger partial charge in [-0.15, -0.1) is 11.3 Å². The molecule has 0 radical (unpaired) electrons. The van der Waals surface area contributed by atoms with Gasteiger partial charge in [-0.25, -0.2) is 0 Å². The SMILES string of the molecule is Cc1ccc2c(c1)Sc1cc(-c3ccccc3)ccc1N2c1ccc(-c2ccc(-c3cccc4c5c(sc34)C=CCC5)cc2)cc1. The lowest BCUT2D eigenvalue weighted by Crippen LogP contribution is -2.15. The van der Waals surface area contributed by atoms with Crippen molar-refractivity contribution < 1.29 is 0 Å². The Morgan fingerprint density at radius 2 is 1.26 bits per heavy atom. The highest BCUT2D eigenvalue weighted by molar-refractivity contribution is 7.99. The Labute approximate surface area is 278 Å². The third-order valence-electron chi connectivity index (χ3n) is 9.22. The fourth-order valence-electron chi connectivity index (χ4n) is 6.88. The molecule has 1 aliphatic carbocycles. The summed E-state index contributed by atoms with van der Waals surface area (Å²) in [7, 11) is 0. The number of aryl methyl sites for hydroxylation is 2. The molecule has 2 aliphatic rings. The van der Waals surface area contributed by atoms with E-state index in [1.54, 1.807) is 0 Å². The van der Waals surface area contributed by atoms with Gasteiger partial charge in [-0.2, -0.15) is 0 Å². The minimum absolute atomic E-state index is 1.14. The van der Waals surface area contributed by atoms with Crippen LogP contribution in [0, 0.1) is 6.92 Å². The summed E-state index contributed by atoms with van der Waals surface area (Å²) < 4.78 is 1.41. The van der Waals surface area contributed by atoms with Crippen LogP contribution in [0.3, 0.4) is 0 Å². The first-order valence-corrected chi connectivity index (χ1v) is 17.5. The molecule has 0 saturated carbocycles. The van der Waals surface area contributed by atoms with Crippen molar-refractivity contribution >= 4 is 56.3 Å². The van der Waals surface area contributed by atoms with Crippen molar-refractivity contribution in [2.45, 2.75) is 29.6 Å². The van der Waals surface area contributed by atoms with Gasteiger partial charge in [0.05, 0.1) is 11.4 Å². The second-order valence-electron chi connectivity index (χ2n) is 12.1. The van der Waals surface area contributed by atoms with Crippen molar-refractivity contribution in [3.63, 3.8) is 0 Å². The smallest absolute Gasteiger partial charge is 0.0602 e. The standard InChI is InChI=1S/C43H31NS2/c1-28-14-24-38-41(26-28)45-42-27-33(29-8-3-2-4-9-29)21-25-39(42)44(38)34-22-19-31(20-23-34)30-15-17-32(18-16-30)35-11-7-12-37-36-10-5-6-13-40(36)46-43(35)37/h2-4,6-9,11-27H,5,10H2,1H3. The van der Waals surface area contributed by atoms with Gasteiger partial charge in [-0.3, -0.25) is 0 Å². The van der Waals surface area contributed by atoms with E-state index in [-0.39, 0.29) is 0 Å². The van der Waals surface area contributed by atoms with Crippen molar-refractivity contribution in [3.05, 3.63) is 156 Å². The molecule has 220 valence electrons. The summed E-state index contributed by atoms with van der Waals surface area (Å²) in [6.45, 7) is 2.17. The first-order chi connectivity index (χ1) is 22.7. The number of allylic oxidation sites excluding steroid dienone is 1. The fourth-order valence-corrected chi connectivity index (χ4v) is 9.39. The lowest BCUT2D eigenvalue weighted by Gasteiger charge is -2.33. The Morgan fingerprint density at radius 1 is 0.587 bits per heavy atom. The molecule has 0 fully saturated rings. The zero-order valence-corrected chi connectivity index (χ0v) is 27.2. The summed E-state index contributed by atoms with van der Waals surface area (Å²) in [5.41, 5.74) is 14.0. The van der Waals surface area contributed by atoms with Crippen LogP contribution in [0.2, 0.25) is 0 Å². The maximum Gasteiger partial charge on any atom is 0.0602 e. The summed E-state index contributed by atoms with van der Waals surface area (Å²) in [4.78, 5) is 6.40. The molecule has 0 amide bonds. The maximum atomic E-state index is 2.42. The average molecular weight is 626 g/mol. The second-order valence-corrected chi connectivity index (χ2v) is 14.3. The van der Waals surface area contributed by atoms with E-state index in [2.05, 4.69) is 157 Å². The van der Waals surface area contributed by atoms with Crippen LogP contribution in [-0.2, 0) is 6.42 Å². The molecule has 1 nitrogen and oxygen atoms in total. The minimum Gasteiger partial charge on any atom is -0.308 e. The predicted molar refractivity (Wildman–Crippen MR) is 199 cm³/mol. The molecule has 0 saturated heterocycles. The molecule has 2 heterocycles. The Balaban J connectivity index is 1.05. The summed E-state index contributed by atoms with van der Waals surface area (Å²) >= 11 is 3.80. The Hall–Kier alpha value is -4.83. The Bertz CT molecular complexity index is 2280. The zero-order valence-electron chi connectivity index (χ0n) is 25.5. The van der Waals surface area contributed by atoms with Crippen molar-refractivity contribution in [1.29, 1.82) is 0 Å². The summed E-state index contributed by atoms with van der Waals surface area (Å²) in [6, 6.07) is 49.3. The van der Waals surface area contributed by atoms with Gasteiger partial charge in [-0.1, -0.05) is 115 Å². The summed E-state index contributed by atoms with van der Waals surface area (Å²) in [5.74, 6) is 0. The van der Waals surface area contributed by atoms with Crippen molar-refractivity contribution in [2.24, 2.45) is 0 Å². The van der Waals surface area contributed by atoms with Crippen molar-refractivity contribution in [1.82, 2.24) is 0 Å². The van der Waals surface area contributed by atoms with Crippen molar-refractivity contribution in [2.75, 3.05) is 4.90 Å². The third-order valence-corrected chi connectivity index (χ3v) is 11.6. The molecule has 0 bridgehead atoms. The molecule has 0 unspecified atom stereocenters. The third kappa shape index (κ3) is 4.70. The molecule has 9 rings (SSSR count). The molecule has 3 heteroatoms. The van der Waals surface area contributed by atoms with Gasteiger partial charge in [0.15, 0.2) is 0 Å². The van der Waals surface area contributed by atoms with Crippen LogP contribution in [-0.4, -0.2) is 0 Å². The molecule has 6 aromatic carbocycles. The van der Waals surface area contributed by atoms with Gasteiger partial charge in [0.2, 0.25) is 0 Å². The predicted octanol–water partition coefficient (Wildman–Crippen LogP) is 13.1.